The molecule has 0 aliphatic carbocycles. The number of hydrogen-bond donors (Lipinski definition) is 3. The van der Waals surface area contributed by atoms with Crippen LogP contribution in [-0.4, -0.2) is 24.7 Å². The summed E-state index contributed by atoms with van der Waals surface area (Å²) in [5.74, 6) is -0.189. The van der Waals surface area contributed by atoms with E-state index in [4.69, 9.17) is 5.73 Å². The van der Waals surface area contributed by atoms with Gasteiger partial charge in [0.25, 0.3) is 0 Å². The van der Waals surface area contributed by atoms with E-state index in [1.807, 2.05) is 0 Å². The number of carbonyl (C=O) groups is 2. The van der Waals surface area contributed by atoms with Gasteiger partial charge in [0, 0.05) is 29.8 Å². The Morgan fingerprint density at radius 1 is 1.33 bits per heavy atom. The number of nitrogens with one attached hydrogen (secondary N) is 2. The molecule has 21 heavy (non-hydrogen) atoms. The average molecular weight is 321 g/mol. The van der Waals surface area contributed by atoms with Gasteiger partial charge < -0.3 is 11.1 Å². The standard InChI is InChI=1S/C12H14F3N3O2S/c1-17-11(20)18-10(19)4-5-21-9-3-2-7(6-8(9)16)12(13,14)15/h2-3,6H,4-5,16H2,1H3,(H2,17,18,19,20). The fourth-order valence-corrected chi connectivity index (χ4v) is 2.26. The van der Waals surface area contributed by atoms with Crippen LogP contribution < -0.4 is 16.4 Å². The fourth-order valence-electron chi connectivity index (χ4n) is 1.36. The van der Waals surface area contributed by atoms with Crippen molar-refractivity contribution in [2.24, 2.45) is 0 Å². The van der Waals surface area contributed by atoms with Gasteiger partial charge in [-0.25, -0.2) is 4.79 Å². The van der Waals surface area contributed by atoms with Gasteiger partial charge in [-0.3, -0.25) is 10.1 Å². The van der Waals surface area contributed by atoms with E-state index in [1.54, 1.807) is 0 Å². The number of rotatable bonds is 4. The number of nitrogens with two attached hydrogens (primary N) is 1. The third-order valence-electron chi connectivity index (χ3n) is 2.40. The summed E-state index contributed by atoms with van der Waals surface area (Å²) in [5, 5.41) is 4.31. The first-order chi connectivity index (χ1) is 9.74. The number of anilines is 1. The van der Waals surface area contributed by atoms with Crippen LogP contribution in [0.15, 0.2) is 23.1 Å². The molecule has 3 amide bonds. The summed E-state index contributed by atoms with van der Waals surface area (Å²) in [5.41, 5.74) is 4.74. The number of hydrogen-bond acceptors (Lipinski definition) is 4. The second-order valence-electron chi connectivity index (χ2n) is 3.98. The lowest BCUT2D eigenvalue weighted by Crippen LogP contribution is -2.37. The summed E-state index contributed by atoms with van der Waals surface area (Å²) in [7, 11) is 1.38. The Balaban J connectivity index is 2.53. The Morgan fingerprint density at radius 3 is 2.52 bits per heavy atom. The summed E-state index contributed by atoms with van der Waals surface area (Å²) in [4.78, 5) is 22.6. The van der Waals surface area contributed by atoms with Gasteiger partial charge in [-0.2, -0.15) is 13.2 Å². The van der Waals surface area contributed by atoms with Crippen LogP contribution in [0.1, 0.15) is 12.0 Å². The second kappa shape index (κ2) is 7.21. The van der Waals surface area contributed by atoms with E-state index in [0.29, 0.717) is 10.6 Å². The molecule has 0 aromatic heterocycles. The maximum absolute atomic E-state index is 12.5. The zero-order valence-electron chi connectivity index (χ0n) is 11.1. The van der Waals surface area contributed by atoms with E-state index in [-0.39, 0.29) is 12.1 Å². The number of urea groups is 1. The molecule has 0 heterocycles. The van der Waals surface area contributed by atoms with Crippen molar-refractivity contribution < 1.29 is 22.8 Å². The molecule has 4 N–H and O–H groups in total. The highest BCUT2D eigenvalue weighted by atomic mass is 32.2. The van der Waals surface area contributed by atoms with Crippen LogP contribution in [0.25, 0.3) is 0 Å². The molecular weight excluding hydrogens is 307 g/mol. The number of amides is 3. The van der Waals surface area contributed by atoms with Crippen molar-refractivity contribution in [1.82, 2.24) is 10.6 Å². The second-order valence-corrected chi connectivity index (χ2v) is 5.11. The van der Waals surface area contributed by atoms with Crippen LogP contribution in [0.2, 0.25) is 0 Å². The van der Waals surface area contributed by atoms with Gasteiger partial charge >= 0.3 is 12.2 Å². The molecule has 0 radical (unpaired) electrons. The zero-order chi connectivity index (χ0) is 16.0. The van der Waals surface area contributed by atoms with Crippen LogP contribution >= 0.6 is 11.8 Å². The molecule has 0 bridgehead atoms. The summed E-state index contributed by atoms with van der Waals surface area (Å²) in [6.45, 7) is 0. The maximum Gasteiger partial charge on any atom is 0.416 e. The molecular formula is C12H14F3N3O2S. The van der Waals surface area contributed by atoms with Crippen molar-refractivity contribution in [3.63, 3.8) is 0 Å². The normalized spacial score (nSPS) is 11.0. The number of carbonyl (C=O) groups excluding carboxylic acids is 2. The molecule has 0 saturated heterocycles. The molecule has 116 valence electrons. The fraction of sp³-hybridized carbons (Fsp3) is 0.333. The molecule has 1 aromatic rings. The predicted octanol–water partition coefficient (Wildman–Crippen LogP) is 2.23. The topological polar surface area (TPSA) is 84.2 Å². The third kappa shape index (κ3) is 5.54. The van der Waals surface area contributed by atoms with E-state index in [2.05, 4.69) is 10.6 Å². The van der Waals surface area contributed by atoms with Gasteiger partial charge in [0.1, 0.15) is 0 Å². The van der Waals surface area contributed by atoms with Crippen LogP contribution in [0.4, 0.5) is 23.7 Å². The van der Waals surface area contributed by atoms with E-state index < -0.39 is 23.7 Å². The summed E-state index contributed by atoms with van der Waals surface area (Å²) < 4.78 is 37.4. The van der Waals surface area contributed by atoms with E-state index in [0.717, 1.165) is 23.9 Å². The van der Waals surface area contributed by atoms with Crippen molar-refractivity contribution in [3.05, 3.63) is 23.8 Å². The molecule has 9 heteroatoms. The average Bonchev–Trinajstić information content (AvgIpc) is 2.39. The minimum atomic E-state index is -4.44. The lowest BCUT2D eigenvalue weighted by Gasteiger charge is -2.10. The van der Waals surface area contributed by atoms with Gasteiger partial charge in [0.2, 0.25) is 5.91 Å². The lowest BCUT2D eigenvalue weighted by molar-refractivity contribution is -0.137. The molecule has 0 unspecified atom stereocenters. The highest BCUT2D eigenvalue weighted by Gasteiger charge is 2.30. The highest BCUT2D eigenvalue weighted by molar-refractivity contribution is 7.99. The number of nitrogen functional groups attached to an aromatic ring is 1. The van der Waals surface area contributed by atoms with Gasteiger partial charge in [0.15, 0.2) is 0 Å². The summed E-state index contributed by atoms with van der Waals surface area (Å²) in [6.07, 6.45) is -4.40. The maximum atomic E-state index is 12.5. The van der Waals surface area contributed by atoms with Gasteiger partial charge in [-0.1, -0.05) is 0 Å². The molecule has 0 aliphatic heterocycles. The predicted molar refractivity (Wildman–Crippen MR) is 73.8 cm³/mol. The molecule has 5 nitrogen and oxygen atoms in total. The minimum Gasteiger partial charge on any atom is -0.398 e. The van der Waals surface area contributed by atoms with Crippen LogP contribution in [-0.2, 0) is 11.0 Å². The smallest absolute Gasteiger partial charge is 0.398 e. The monoisotopic (exact) mass is 321 g/mol. The third-order valence-corrected chi connectivity index (χ3v) is 3.49. The quantitative estimate of drug-likeness (QED) is 0.586. The van der Waals surface area contributed by atoms with Crippen molar-refractivity contribution in [3.8, 4) is 0 Å². The van der Waals surface area contributed by atoms with Crippen molar-refractivity contribution in [1.29, 1.82) is 0 Å². The first-order valence-corrected chi connectivity index (χ1v) is 6.83. The largest absolute Gasteiger partial charge is 0.416 e. The van der Waals surface area contributed by atoms with Gasteiger partial charge in [0.05, 0.1) is 5.56 Å². The SMILES string of the molecule is CNC(=O)NC(=O)CCSc1ccc(C(F)(F)F)cc1N. The van der Waals surface area contributed by atoms with E-state index in [9.17, 15) is 22.8 Å². The van der Waals surface area contributed by atoms with E-state index in [1.165, 1.54) is 13.1 Å². The van der Waals surface area contributed by atoms with Crippen molar-refractivity contribution in [2.75, 3.05) is 18.5 Å². The Morgan fingerprint density at radius 2 is 2.00 bits per heavy atom. The van der Waals surface area contributed by atoms with Crippen LogP contribution in [0.3, 0.4) is 0 Å². The Kier molecular flexibility index (Phi) is 5.89. The minimum absolute atomic E-state index is 0.00142. The number of alkyl halides is 3. The van der Waals surface area contributed by atoms with Crippen molar-refractivity contribution >= 4 is 29.4 Å². The number of imide groups is 1. The Hall–Kier alpha value is -1.90. The van der Waals surface area contributed by atoms with E-state index >= 15 is 0 Å². The molecule has 0 atom stereocenters. The number of benzene rings is 1. The first-order valence-electron chi connectivity index (χ1n) is 5.85. The molecule has 0 saturated carbocycles. The molecule has 1 aromatic carbocycles. The Labute approximate surface area is 123 Å². The molecule has 0 spiro atoms. The van der Waals surface area contributed by atoms with Crippen LogP contribution in [0, 0.1) is 0 Å². The van der Waals surface area contributed by atoms with Gasteiger partial charge in [-0.05, 0) is 18.2 Å². The van der Waals surface area contributed by atoms with Crippen LogP contribution in [0.5, 0.6) is 0 Å². The molecule has 1 rings (SSSR count). The summed E-state index contributed by atoms with van der Waals surface area (Å²) in [6, 6.07) is 2.44. The van der Waals surface area contributed by atoms with Crippen molar-refractivity contribution in [2.45, 2.75) is 17.5 Å². The Bertz CT molecular complexity index is 535. The molecule has 0 aliphatic rings. The molecule has 0 fully saturated rings. The highest BCUT2D eigenvalue weighted by Crippen LogP contribution is 2.34. The summed E-state index contributed by atoms with van der Waals surface area (Å²) >= 11 is 1.14. The lowest BCUT2D eigenvalue weighted by atomic mass is 10.2. The zero-order valence-corrected chi connectivity index (χ0v) is 11.9. The van der Waals surface area contributed by atoms with Gasteiger partial charge in [-0.15, -0.1) is 11.8 Å². The first kappa shape index (κ1) is 17.2. The number of halogens is 3. The number of thioether (sulfide) groups is 1.